The van der Waals surface area contributed by atoms with Crippen molar-refractivity contribution in [2.75, 3.05) is 0 Å². The first-order valence-corrected chi connectivity index (χ1v) is 6.70. The summed E-state index contributed by atoms with van der Waals surface area (Å²) in [5.74, 6) is 1.41. The Labute approximate surface area is 123 Å². The Morgan fingerprint density at radius 3 is 2.32 bits per heavy atom. The predicted molar refractivity (Wildman–Crippen MR) is 80.3 cm³/mol. The van der Waals surface area contributed by atoms with Gasteiger partial charge in [0, 0.05) is 22.2 Å². The van der Waals surface area contributed by atoms with Gasteiger partial charge in [-0.25, -0.2) is 0 Å². The third kappa shape index (κ3) is 3.03. The Morgan fingerprint density at radius 2 is 1.74 bits per heavy atom. The Kier molecular flexibility index (Phi) is 4.35. The Bertz CT molecular complexity index is 588. The van der Waals surface area contributed by atoms with Crippen LogP contribution in [0, 0.1) is 13.8 Å². The molecule has 0 atom stereocenters. The lowest BCUT2D eigenvalue weighted by Crippen LogP contribution is -2.00. The lowest BCUT2D eigenvalue weighted by Gasteiger charge is -2.13. The van der Waals surface area contributed by atoms with E-state index in [1.54, 1.807) is 6.07 Å². The monoisotopic (exact) mass is 295 g/mol. The standard InChI is InChI=1S/C15H15Cl2NO/c1-9-6-11(7-10(2)15(9)17)19-14-5-3-4-13(16)12(14)8-18/h3-7H,8,18H2,1-2H3. The molecule has 0 radical (unpaired) electrons. The molecule has 0 spiro atoms. The minimum Gasteiger partial charge on any atom is -0.457 e. The largest absolute Gasteiger partial charge is 0.457 e. The first kappa shape index (κ1) is 14.2. The molecule has 19 heavy (non-hydrogen) atoms. The topological polar surface area (TPSA) is 35.2 Å². The highest BCUT2D eigenvalue weighted by Gasteiger charge is 2.09. The number of hydrogen-bond acceptors (Lipinski definition) is 2. The number of aryl methyl sites for hydroxylation is 2. The van der Waals surface area contributed by atoms with Crippen molar-refractivity contribution < 1.29 is 4.74 Å². The first-order valence-electron chi connectivity index (χ1n) is 5.95. The summed E-state index contributed by atoms with van der Waals surface area (Å²) in [6.45, 7) is 4.23. The number of benzene rings is 2. The molecule has 2 aromatic carbocycles. The lowest BCUT2D eigenvalue weighted by atomic mass is 10.1. The molecule has 4 heteroatoms. The van der Waals surface area contributed by atoms with Gasteiger partial charge >= 0.3 is 0 Å². The molecule has 0 unspecified atom stereocenters. The van der Waals surface area contributed by atoms with Crippen molar-refractivity contribution >= 4 is 23.2 Å². The van der Waals surface area contributed by atoms with Crippen LogP contribution in [-0.4, -0.2) is 0 Å². The van der Waals surface area contributed by atoms with Gasteiger partial charge in [-0.05, 0) is 49.2 Å². The molecular weight excluding hydrogens is 281 g/mol. The molecule has 2 rings (SSSR count). The molecule has 0 aliphatic carbocycles. The van der Waals surface area contributed by atoms with E-state index < -0.39 is 0 Å². The van der Waals surface area contributed by atoms with Crippen LogP contribution in [0.4, 0.5) is 0 Å². The molecule has 2 N–H and O–H groups in total. The Balaban J connectivity index is 2.39. The second-order valence-corrected chi connectivity index (χ2v) is 5.18. The van der Waals surface area contributed by atoms with Crippen molar-refractivity contribution in [3.63, 3.8) is 0 Å². The fraction of sp³-hybridized carbons (Fsp3) is 0.200. The highest BCUT2D eigenvalue weighted by Crippen LogP contribution is 2.33. The maximum atomic E-state index is 6.14. The first-order chi connectivity index (χ1) is 9.02. The van der Waals surface area contributed by atoms with Crippen molar-refractivity contribution in [3.8, 4) is 11.5 Å². The van der Waals surface area contributed by atoms with Gasteiger partial charge in [-0.3, -0.25) is 0 Å². The highest BCUT2D eigenvalue weighted by atomic mass is 35.5. The van der Waals surface area contributed by atoms with Crippen LogP contribution in [0.1, 0.15) is 16.7 Å². The molecule has 0 saturated heterocycles. The van der Waals surface area contributed by atoms with E-state index in [1.807, 2.05) is 38.1 Å². The van der Waals surface area contributed by atoms with E-state index in [1.165, 1.54) is 0 Å². The third-order valence-electron chi connectivity index (χ3n) is 2.92. The number of nitrogens with two attached hydrogens (primary N) is 1. The number of ether oxygens (including phenoxy) is 1. The van der Waals surface area contributed by atoms with Gasteiger partial charge in [-0.15, -0.1) is 0 Å². The minimum absolute atomic E-state index is 0.334. The molecule has 0 amide bonds. The summed E-state index contributed by atoms with van der Waals surface area (Å²) in [6.07, 6.45) is 0. The lowest BCUT2D eigenvalue weighted by molar-refractivity contribution is 0.475. The average Bonchev–Trinajstić information content (AvgIpc) is 2.36. The van der Waals surface area contributed by atoms with Crippen LogP contribution in [0.3, 0.4) is 0 Å². The molecule has 0 heterocycles. The molecule has 2 aromatic rings. The highest BCUT2D eigenvalue weighted by molar-refractivity contribution is 6.32. The summed E-state index contributed by atoms with van der Waals surface area (Å²) in [6, 6.07) is 9.29. The number of halogens is 2. The van der Waals surface area contributed by atoms with E-state index in [4.69, 9.17) is 33.7 Å². The van der Waals surface area contributed by atoms with Gasteiger partial charge in [0.1, 0.15) is 11.5 Å². The van der Waals surface area contributed by atoms with Gasteiger partial charge in [0.15, 0.2) is 0 Å². The molecule has 100 valence electrons. The van der Waals surface area contributed by atoms with Crippen LogP contribution in [0.2, 0.25) is 10.0 Å². The fourth-order valence-electron chi connectivity index (χ4n) is 1.92. The van der Waals surface area contributed by atoms with E-state index in [0.29, 0.717) is 17.3 Å². The van der Waals surface area contributed by atoms with Crippen molar-refractivity contribution in [2.45, 2.75) is 20.4 Å². The van der Waals surface area contributed by atoms with Gasteiger partial charge < -0.3 is 10.5 Å². The zero-order valence-corrected chi connectivity index (χ0v) is 12.3. The van der Waals surface area contributed by atoms with E-state index >= 15 is 0 Å². The van der Waals surface area contributed by atoms with Gasteiger partial charge in [-0.2, -0.15) is 0 Å². The fourth-order valence-corrected chi connectivity index (χ4v) is 2.28. The van der Waals surface area contributed by atoms with Crippen LogP contribution in [0.5, 0.6) is 11.5 Å². The zero-order chi connectivity index (χ0) is 14.0. The van der Waals surface area contributed by atoms with E-state index in [0.717, 1.165) is 27.5 Å². The van der Waals surface area contributed by atoms with Gasteiger partial charge in [0.05, 0.1) is 0 Å². The summed E-state index contributed by atoms with van der Waals surface area (Å²) >= 11 is 12.2. The van der Waals surface area contributed by atoms with Crippen molar-refractivity contribution in [1.29, 1.82) is 0 Å². The van der Waals surface area contributed by atoms with Gasteiger partial charge in [-0.1, -0.05) is 29.3 Å². The summed E-state index contributed by atoms with van der Waals surface area (Å²) in [5, 5.41) is 1.37. The second kappa shape index (κ2) is 5.83. The van der Waals surface area contributed by atoms with E-state index in [9.17, 15) is 0 Å². The van der Waals surface area contributed by atoms with Gasteiger partial charge in [0.2, 0.25) is 0 Å². The molecule has 0 aliphatic rings. The molecule has 0 fully saturated rings. The van der Waals surface area contributed by atoms with Crippen LogP contribution < -0.4 is 10.5 Å². The number of hydrogen-bond donors (Lipinski definition) is 1. The summed E-state index contributed by atoms with van der Waals surface area (Å²) < 4.78 is 5.87. The molecule has 0 saturated carbocycles. The maximum absolute atomic E-state index is 6.14. The third-order valence-corrected chi connectivity index (χ3v) is 3.87. The van der Waals surface area contributed by atoms with Crippen LogP contribution >= 0.6 is 23.2 Å². The normalized spacial score (nSPS) is 10.6. The molecular formula is C15H15Cl2NO. The summed E-state index contributed by atoms with van der Waals surface area (Å²) in [5.41, 5.74) is 8.46. The van der Waals surface area contributed by atoms with E-state index in [2.05, 4.69) is 0 Å². The molecule has 0 aromatic heterocycles. The molecule has 2 nitrogen and oxygen atoms in total. The van der Waals surface area contributed by atoms with Gasteiger partial charge in [0.25, 0.3) is 0 Å². The Morgan fingerprint density at radius 1 is 1.11 bits per heavy atom. The summed E-state index contributed by atoms with van der Waals surface area (Å²) in [4.78, 5) is 0. The van der Waals surface area contributed by atoms with E-state index in [-0.39, 0.29) is 0 Å². The Hall–Kier alpha value is -1.22. The van der Waals surface area contributed by atoms with Crippen molar-refractivity contribution in [2.24, 2.45) is 5.73 Å². The van der Waals surface area contributed by atoms with Crippen molar-refractivity contribution in [3.05, 3.63) is 57.1 Å². The zero-order valence-electron chi connectivity index (χ0n) is 10.8. The molecule has 0 aliphatic heterocycles. The van der Waals surface area contributed by atoms with Crippen LogP contribution in [-0.2, 0) is 6.54 Å². The maximum Gasteiger partial charge on any atom is 0.133 e. The predicted octanol–water partition coefficient (Wildman–Crippen LogP) is 4.86. The average molecular weight is 296 g/mol. The van der Waals surface area contributed by atoms with Crippen molar-refractivity contribution in [1.82, 2.24) is 0 Å². The SMILES string of the molecule is Cc1cc(Oc2cccc(Cl)c2CN)cc(C)c1Cl. The quantitative estimate of drug-likeness (QED) is 0.877. The number of rotatable bonds is 3. The minimum atomic E-state index is 0.334. The summed E-state index contributed by atoms with van der Waals surface area (Å²) in [7, 11) is 0. The van der Waals surface area contributed by atoms with Crippen LogP contribution in [0.15, 0.2) is 30.3 Å². The smallest absolute Gasteiger partial charge is 0.133 e. The second-order valence-electron chi connectivity index (χ2n) is 4.39. The van der Waals surface area contributed by atoms with Crippen LogP contribution in [0.25, 0.3) is 0 Å². The molecule has 0 bridgehead atoms.